The maximum atomic E-state index is 6.00. The number of hydrogen-bond donors (Lipinski definition) is 1. The summed E-state index contributed by atoms with van der Waals surface area (Å²) in [4.78, 5) is 2.76. The van der Waals surface area contributed by atoms with Crippen LogP contribution in [0.15, 0.2) is 0 Å². The molecule has 2 saturated heterocycles. The predicted octanol–water partition coefficient (Wildman–Crippen LogP) is 2.41. The van der Waals surface area contributed by atoms with Gasteiger partial charge in [0.1, 0.15) is 0 Å². The molecule has 2 heterocycles. The van der Waals surface area contributed by atoms with Gasteiger partial charge in [-0.25, -0.2) is 0 Å². The second-order valence-corrected chi connectivity index (χ2v) is 6.73. The monoisotopic (exact) mass is 266 g/mol. The van der Waals surface area contributed by atoms with Crippen LogP contribution in [0.5, 0.6) is 0 Å². The third kappa shape index (κ3) is 2.98. The molecule has 0 radical (unpaired) electrons. The van der Waals surface area contributed by atoms with Gasteiger partial charge in [-0.1, -0.05) is 20.3 Å². The molecule has 0 amide bonds. The average Bonchev–Trinajstić information content (AvgIpc) is 2.78. The zero-order valence-electron chi connectivity index (χ0n) is 12.6. The average molecular weight is 266 g/mol. The summed E-state index contributed by atoms with van der Waals surface area (Å²) in [5.41, 5.74) is 0. The van der Waals surface area contributed by atoms with Crippen molar-refractivity contribution < 1.29 is 4.74 Å². The molecule has 1 N–H and O–H groups in total. The number of ether oxygens (including phenoxy) is 1. The third-order valence-corrected chi connectivity index (χ3v) is 5.51. The second kappa shape index (κ2) is 6.11. The van der Waals surface area contributed by atoms with Crippen LogP contribution in [0.25, 0.3) is 0 Å². The molecule has 0 spiro atoms. The molecule has 2 aliphatic heterocycles. The van der Waals surface area contributed by atoms with E-state index in [4.69, 9.17) is 4.74 Å². The molecule has 2 bridgehead atoms. The fourth-order valence-electron chi connectivity index (χ4n) is 4.42. The van der Waals surface area contributed by atoms with E-state index in [9.17, 15) is 0 Å². The second-order valence-electron chi connectivity index (χ2n) is 6.73. The topological polar surface area (TPSA) is 24.5 Å². The van der Waals surface area contributed by atoms with Crippen molar-refractivity contribution in [1.29, 1.82) is 0 Å². The summed E-state index contributed by atoms with van der Waals surface area (Å²) in [6, 6.07) is 1.47. The predicted molar refractivity (Wildman–Crippen MR) is 78.4 cm³/mol. The maximum Gasteiger partial charge on any atom is 0.0707 e. The third-order valence-electron chi connectivity index (χ3n) is 5.51. The Kier molecular flexibility index (Phi) is 4.45. The molecule has 1 aliphatic carbocycles. The van der Waals surface area contributed by atoms with Crippen molar-refractivity contribution in [2.45, 2.75) is 76.7 Å². The lowest BCUT2D eigenvalue weighted by atomic mass is 9.80. The first-order valence-corrected chi connectivity index (χ1v) is 8.43. The first-order chi connectivity index (χ1) is 9.30. The molecule has 1 saturated carbocycles. The molecule has 5 unspecified atom stereocenters. The van der Waals surface area contributed by atoms with Crippen LogP contribution >= 0.6 is 0 Å². The number of nitrogens with zero attached hydrogens (tertiary/aromatic N) is 1. The van der Waals surface area contributed by atoms with Gasteiger partial charge in [0.25, 0.3) is 0 Å². The van der Waals surface area contributed by atoms with E-state index in [0.29, 0.717) is 18.2 Å². The van der Waals surface area contributed by atoms with E-state index in [1.165, 1.54) is 51.6 Å². The molecule has 110 valence electrons. The van der Waals surface area contributed by atoms with Crippen molar-refractivity contribution in [3.8, 4) is 0 Å². The highest BCUT2D eigenvalue weighted by molar-refractivity contribution is 4.95. The van der Waals surface area contributed by atoms with E-state index in [2.05, 4.69) is 24.1 Å². The number of rotatable bonds is 4. The molecule has 0 aromatic carbocycles. The number of likely N-dealkylation sites (N-methyl/N-ethyl adjacent to an activating group) is 1. The normalized spacial score (nSPS) is 43.6. The lowest BCUT2D eigenvalue weighted by Gasteiger charge is -2.46. The largest absolute Gasteiger partial charge is 0.372 e. The molecule has 5 atom stereocenters. The summed E-state index contributed by atoms with van der Waals surface area (Å²) >= 11 is 0. The Hall–Kier alpha value is -0.120. The number of morpholine rings is 1. The summed E-state index contributed by atoms with van der Waals surface area (Å²) in [6.45, 7) is 8.07. The SMILES string of the molecule is CCNC1CCC(CC)CC1N1CC2CCC(C1)O2. The van der Waals surface area contributed by atoms with Gasteiger partial charge in [0.15, 0.2) is 0 Å². The van der Waals surface area contributed by atoms with Crippen LogP contribution in [0, 0.1) is 5.92 Å². The van der Waals surface area contributed by atoms with Crippen molar-refractivity contribution >= 4 is 0 Å². The van der Waals surface area contributed by atoms with Crippen LogP contribution in [-0.2, 0) is 4.74 Å². The molecule has 3 fully saturated rings. The first kappa shape index (κ1) is 13.8. The molecule has 3 heteroatoms. The van der Waals surface area contributed by atoms with E-state index in [-0.39, 0.29) is 0 Å². The summed E-state index contributed by atoms with van der Waals surface area (Å²) in [6.07, 6.45) is 9.17. The summed E-state index contributed by atoms with van der Waals surface area (Å²) in [5.74, 6) is 0.945. The van der Waals surface area contributed by atoms with Crippen LogP contribution < -0.4 is 5.32 Å². The Morgan fingerprint density at radius 1 is 1.05 bits per heavy atom. The Balaban J connectivity index is 1.67. The van der Waals surface area contributed by atoms with Crippen molar-refractivity contribution in [2.24, 2.45) is 5.92 Å². The quantitative estimate of drug-likeness (QED) is 0.845. The van der Waals surface area contributed by atoms with Gasteiger partial charge in [0.05, 0.1) is 12.2 Å². The molecular formula is C16H30N2O. The van der Waals surface area contributed by atoms with Crippen molar-refractivity contribution in [3.05, 3.63) is 0 Å². The van der Waals surface area contributed by atoms with E-state index in [1.54, 1.807) is 0 Å². The Labute approximate surface area is 118 Å². The van der Waals surface area contributed by atoms with Crippen LogP contribution in [0.3, 0.4) is 0 Å². The lowest BCUT2D eigenvalue weighted by Crippen LogP contribution is -2.57. The van der Waals surface area contributed by atoms with Crippen LogP contribution in [-0.4, -0.2) is 48.8 Å². The van der Waals surface area contributed by atoms with E-state index in [0.717, 1.165) is 18.5 Å². The maximum absolute atomic E-state index is 6.00. The Bertz CT molecular complexity index is 284. The molecular weight excluding hydrogens is 236 g/mol. The fraction of sp³-hybridized carbons (Fsp3) is 1.00. The smallest absolute Gasteiger partial charge is 0.0707 e. The summed E-state index contributed by atoms with van der Waals surface area (Å²) in [7, 11) is 0. The van der Waals surface area contributed by atoms with Crippen LogP contribution in [0.4, 0.5) is 0 Å². The minimum atomic E-state index is 0.531. The Morgan fingerprint density at radius 2 is 1.79 bits per heavy atom. The van der Waals surface area contributed by atoms with Crippen molar-refractivity contribution in [1.82, 2.24) is 10.2 Å². The highest BCUT2D eigenvalue weighted by Crippen LogP contribution is 2.34. The summed E-state index contributed by atoms with van der Waals surface area (Å²) in [5, 5.41) is 3.74. The van der Waals surface area contributed by atoms with Gasteiger partial charge >= 0.3 is 0 Å². The van der Waals surface area contributed by atoms with Gasteiger partial charge in [0, 0.05) is 25.2 Å². The minimum absolute atomic E-state index is 0.531. The molecule has 3 aliphatic rings. The Morgan fingerprint density at radius 3 is 2.42 bits per heavy atom. The molecule has 0 aromatic heterocycles. The number of fused-ring (bicyclic) bond motifs is 2. The summed E-state index contributed by atoms with van der Waals surface area (Å²) < 4.78 is 6.00. The van der Waals surface area contributed by atoms with Crippen molar-refractivity contribution in [2.75, 3.05) is 19.6 Å². The van der Waals surface area contributed by atoms with Gasteiger partial charge in [-0.15, -0.1) is 0 Å². The number of nitrogens with one attached hydrogen (secondary N) is 1. The van der Waals surface area contributed by atoms with E-state index >= 15 is 0 Å². The molecule has 3 nitrogen and oxygen atoms in total. The molecule has 0 aromatic rings. The highest BCUT2D eigenvalue weighted by Gasteiger charge is 2.40. The van der Waals surface area contributed by atoms with Crippen LogP contribution in [0.2, 0.25) is 0 Å². The lowest BCUT2D eigenvalue weighted by molar-refractivity contribution is -0.0656. The van der Waals surface area contributed by atoms with Gasteiger partial charge in [0.2, 0.25) is 0 Å². The number of likely N-dealkylation sites (tertiary alicyclic amines) is 1. The molecule has 19 heavy (non-hydrogen) atoms. The zero-order chi connectivity index (χ0) is 13.2. The highest BCUT2D eigenvalue weighted by atomic mass is 16.5. The van der Waals surface area contributed by atoms with Gasteiger partial charge in [-0.2, -0.15) is 0 Å². The van der Waals surface area contributed by atoms with Gasteiger partial charge < -0.3 is 10.1 Å². The molecule has 3 rings (SSSR count). The zero-order valence-corrected chi connectivity index (χ0v) is 12.6. The van der Waals surface area contributed by atoms with Crippen molar-refractivity contribution in [3.63, 3.8) is 0 Å². The minimum Gasteiger partial charge on any atom is -0.372 e. The van der Waals surface area contributed by atoms with E-state index < -0.39 is 0 Å². The first-order valence-electron chi connectivity index (χ1n) is 8.43. The van der Waals surface area contributed by atoms with Gasteiger partial charge in [-0.05, 0) is 44.6 Å². The number of hydrogen-bond acceptors (Lipinski definition) is 3. The standard InChI is InChI=1S/C16H30N2O/c1-3-12-5-8-15(17-4-2)16(9-12)18-10-13-6-7-14(11-18)19-13/h12-17H,3-11H2,1-2H3. The fourth-order valence-corrected chi connectivity index (χ4v) is 4.42. The van der Waals surface area contributed by atoms with E-state index in [1.807, 2.05) is 0 Å². The van der Waals surface area contributed by atoms with Crippen LogP contribution in [0.1, 0.15) is 52.4 Å². The van der Waals surface area contributed by atoms with Gasteiger partial charge in [-0.3, -0.25) is 4.90 Å².